The lowest BCUT2D eigenvalue weighted by Gasteiger charge is -2.06. The van der Waals surface area contributed by atoms with Gasteiger partial charge in [-0.05, 0) is 37.6 Å². The van der Waals surface area contributed by atoms with Crippen LogP contribution >= 0.6 is 11.8 Å². The molecule has 1 N–H and O–H groups in total. The Labute approximate surface area is 117 Å². The van der Waals surface area contributed by atoms with Gasteiger partial charge in [0, 0.05) is 25.0 Å². The number of aryl methyl sites for hydroxylation is 2. The van der Waals surface area contributed by atoms with Gasteiger partial charge in [-0.25, -0.2) is 19.9 Å². The third-order valence-electron chi connectivity index (χ3n) is 2.32. The van der Waals surface area contributed by atoms with Crippen molar-refractivity contribution >= 4 is 17.6 Å². The lowest BCUT2D eigenvalue weighted by Crippen LogP contribution is -2.04. The van der Waals surface area contributed by atoms with Gasteiger partial charge in [-0.15, -0.1) is 0 Å². The fraction of sp³-hybridized carbons (Fsp3) is 0.385. The molecule has 2 aromatic rings. The van der Waals surface area contributed by atoms with Gasteiger partial charge in [0.05, 0.1) is 0 Å². The zero-order valence-corrected chi connectivity index (χ0v) is 12.2. The molecule has 0 aliphatic rings. The molecular formula is C13H17N5S. The lowest BCUT2D eigenvalue weighted by atomic mass is 10.4. The third kappa shape index (κ3) is 4.17. The highest BCUT2D eigenvalue weighted by Gasteiger charge is 2.05. The van der Waals surface area contributed by atoms with Gasteiger partial charge in [0.15, 0.2) is 5.16 Å². The van der Waals surface area contributed by atoms with Crippen molar-refractivity contribution in [2.75, 3.05) is 11.9 Å². The summed E-state index contributed by atoms with van der Waals surface area (Å²) in [5, 5.41) is 4.82. The molecule has 0 bridgehead atoms. The topological polar surface area (TPSA) is 63.6 Å². The average Bonchev–Trinajstić information content (AvgIpc) is 2.38. The minimum absolute atomic E-state index is 0.699. The van der Waals surface area contributed by atoms with Crippen LogP contribution in [0.5, 0.6) is 0 Å². The van der Waals surface area contributed by atoms with E-state index in [1.807, 2.05) is 19.9 Å². The van der Waals surface area contributed by atoms with Crippen LogP contribution in [0.4, 0.5) is 5.82 Å². The van der Waals surface area contributed by atoms with Crippen molar-refractivity contribution in [3.8, 4) is 0 Å². The molecule has 2 rings (SSSR count). The standard InChI is InChI=1S/C13H17N5S/c1-4-5-14-11-6-12(18-10(3)17-11)19-13-15-7-9(2)8-16-13/h6-8H,4-5H2,1-3H3,(H,14,17,18). The van der Waals surface area contributed by atoms with Crippen LogP contribution in [0, 0.1) is 13.8 Å². The van der Waals surface area contributed by atoms with Gasteiger partial charge in [-0.1, -0.05) is 6.92 Å². The summed E-state index contributed by atoms with van der Waals surface area (Å²) in [6, 6.07) is 1.93. The van der Waals surface area contributed by atoms with Crippen molar-refractivity contribution in [2.45, 2.75) is 37.4 Å². The van der Waals surface area contributed by atoms with Gasteiger partial charge in [-0.3, -0.25) is 0 Å². The Morgan fingerprint density at radius 2 is 1.89 bits per heavy atom. The van der Waals surface area contributed by atoms with Crippen molar-refractivity contribution < 1.29 is 0 Å². The second-order valence-corrected chi connectivity index (χ2v) is 5.20. The SMILES string of the molecule is CCCNc1cc(Sc2ncc(C)cn2)nc(C)n1. The highest BCUT2D eigenvalue weighted by atomic mass is 32.2. The summed E-state index contributed by atoms with van der Waals surface area (Å²) in [6.07, 6.45) is 4.67. The summed E-state index contributed by atoms with van der Waals surface area (Å²) in [5.74, 6) is 1.60. The van der Waals surface area contributed by atoms with E-state index in [-0.39, 0.29) is 0 Å². The predicted octanol–water partition coefficient (Wildman–Crippen LogP) is 2.86. The summed E-state index contributed by atoms with van der Waals surface area (Å²) < 4.78 is 0. The number of aromatic nitrogens is 4. The fourth-order valence-corrected chi connectivity index (χ4v) is 2.21. The monoisotopic (exact) mass is 275 g/mol. The smallest absolute Gasteiger partial charge is 0.193 e. The zero-order chi connectivity index (χ0) is 13.7. The Kier molecular flexibility index (Phi) is 4.68. The summed E-state index contributed by atoms with van der Waals surface area (Å²) in [4.78, 5) is 17.3. The molecule has 6 heteroatoms. The lowest BCUT2D eigenvalue weighted by molar-refractivity contribution is 0.915. The Morgan fingerprint density at radius 1 is 1.16 bits per heavy atom. The Balaban J connectivity index is 2.15. The number of hydrogen-bond donors (Lipinski definition) is 1. The second kappa shape index (κ2) is 6.47. The molecule has 0 fully saturated rings. The van der Waals surface area contributed by atoms with E-state index in [9.17, 15) is 0 Å². The van der Waals surface area contributed by atoms with E-state index in [0.29, 0.717) is 5.16 Å². The van der Waals surface area contributed by atoms with E-state index >= 15 is 0 Å². The molecule has 0 aliphatic carbocycles. The van der Waals surface area contributed by atoms with E-state index in [1.165, 1.54) is 11.8 Å². The van der Waals surface area contributed by atoms with E-state index < -0.39 is 0 Å². The molecule has 0 saturated carbocycles. The molecular weight excluding hydrogens is 258 g/mol. The molecule has 0 unspecified atom stereocenters. The Morgan fingerprint density at radius 3 is 2.58 bits per heavy atom. The molecule has 100 valence electrons. The van der Waals surface area contributed by atoms with Crippen LogP contribution in [-0.4, -0.2) is 26.5 Å². The summed E-state index contributed by atoms with van der Waals surface area (Å²) in [5.41, 5.74) is 1.05. The molecule has 0 aromatic carbocycles. The Hall–Kier alpha value is -1.69. The van der Waals surface area contributed by atoms with Gasteiger partial charge in [0.1, 0.15) is 16.7 Å². The number of hydrogen-bond acceptors (Lipinski definition) is 6. The molecule has 2 heterocycles. The molecule has 5 nitrogen and oxygen atoms in total. The maximum absolute atomic E-state index is 4.39. The van der Waals surface area contributed by atoms with E-state index in [0.717, 1.165) is 35.2 Å². The molecule has 0 aliphatic heterocycles. The largest absolute Gasteiger partial charge is 0.370 e. The number of anilines is 1. The quantitative estimate of drug-likeness (QED) is 0.668. The minimum atomic E-state index is 0.699. The van der Waals surface area contributed by atoms with E-state index in [4.69, 9.17) is 0 Å². The van der Waals surface area contributed by atoms with Crippen LogP contribution in [-0.2, 0) is 0 Å². The molecule has 0 saturated heterocycles. The van der Waals surface area contributed by atoms with Gasteiger partial charge >= 0.3 is 0 Å². The van der Waals surface area contributed by atoms with Gasteiger partial charge < -0.3 is 5.32 Å². The van der Waals surface area contributed by atoms with Crippen LogP contribution in [0.1, 0.15) is 24.7 Å². The number of nitrogens with one attached hydrogen (secondary N) is 1. The van der Waals surface area contributed by atoms with Crippen molar-refractivity contribution in [2.24, 2.45) is 0 Å². The van der Waals surface area contributed by atoms with Gasteiger partial charge in [-0.2, -0.15) is 0 Å². The fourth-order valence-electron chi connectivity index (χ4n) is 1.46. The average molecular weight is 275 g/mol. The second-order valence-electron chi connectivity index (χ2n) is 4.21. The molecule has 2 aromatic heterocycles. The molecule has 0 atom stereocenters. The van der Waals surface area contributed by atoms with Gasteiger partial charge in [0.2, 0.25) is 0 Å². The minimum Gasteiger partial charge on any atom is -0.370 e. The maximum Gasteiger partial charge on any atom is 0.193 e. The third-order valence-corrected chi connectivity index (χ3v) is 3.14. The van der Waals surface area contributed by atoms with Crippen LogP contribution < -0.4 is 5.32 Å². The first-order valence-corrected chi connectivity index (χ1v) is 7.05. The molecule has 0 spiro atoms. The predicted molar refractivity (Wildman–Crippen MR) is 76.4 cm³/mol. The van der Waals surface area contributed by atoms with Crippen molar-refractivity contribution in [3.63, 3.8) is 0 Å². The maximum atomic E-state index is 4.39. The summed E-state index contributed by atoms with van der Waals surface area (Å²) in [7, 11) is 0. The molecule has 0 radical (unpaired) electrons. The summed E-state index contributed by atoms with van der Waals surface area (Å²) >= 11 is 1.44. The molecule has 0 amide bonds. The Bertz CT molecular complexity index is 541. The van der Waals surface area contributed by atoms with Crippen LogP contribution in [0.15, 0.2) is 28.6 Å². The first-order chi connectivity index (χ1) is 9.17. The number of rotatable bonds is 5. The normalized spacial score (nSPS) is 10.5. The van der Waals surface area contributed by atoms with E-state index in [1.54, 1.807) is 12.4 Å². The van der Waals surface area contributed by atoms with Crippen LogP contribution in [0.3, 0.4) is 0 Å². The number of nitrogens with zero attached hydrogens (tertiary/aromatic N) is 4. The van der Waals surface area contributed by atoms with Crippen LogP contribution in [0.25, 0.3) is 0 Å². The zero-order valence-electron chi connectivity index (χ0n) is 11.3. The summed E-state index contributed by atoms with van der Waals surface area (Å²) in [6.45, 7) is 6.88. The van der Waals surface area contributed by atoms with Crippen molar-refractivity contribution in [3.05, 3.63) is 29.8 Å². The van der Waals surface area contributed by atoms with E-state index in [2.05, 4.69) is 32.2 Å². The molecule has 19 heavy (non-hydrogen) atoms. The van der Waals surface area contributed by atoms with Crippen LogP contribution in [0.2, 0.25) is 0 Å². The highest BCUT2D eigenvalue weighted by molar-refractivity contribution is 7.99. The van der Waals surface area contributed by atoms with Gasteiger partial charge in [0.25, 0.3) is 0 Å². The van der Waals surface area contributed by atoms with Crippen molar-refractivity contribution in [1.29, 1.82) is 0 Å². The van der Waals surface area contributed by atoms with Crippen molar-refractivity contribution in [1.82, 2.24) is 19.9 Å². The first kappa shape index (κ1) is 13.7. The first-order valence-electron chi connectivity index (χ1n) is 6.23. The highest BCUT2D eigenvalue weighted by Crippen LogP contribution is 2.24.